The van der Waals surface area contributed by atoms with Crippen LogP contribution in [0.25, 0.3) is 10.8 Å². The Morgan fingerprint density at radius 2 is 1.75 bits per heavy atom. The van der Waals surface area contributed by atoms with E-state index in [1.807, 2.05) is 0 Å². The number of nitrogens with one attached hydrogen (secondary N) is 1. The van der Waals surface area contributed by atoms with Crippen molar-refractivity contribution in [2.75, 3.05) is 5.32 Å². The van der Waals surface area contributed by atoms with Gasteiger partial charge in [-0.25, -0.2) is 0 Å². The quantitative estimate of drug-likeness (QED) is 0.697. The van der Waals surface area contributed by atoms with Crippen molar-refractivity contribution in [2.45, 2.75) is 52.0 Å². The molecule has 106 valence electrons. The van der Waals surface area contributed by atoms with E-state index in [2.05, 4.69) is 61.6 Å². The molecule has 1 atom stereocenters. The maximum atomic E-state index is 3.80. The van der Waals surface area contributed by atoms with E-state index in [-0.39, 0.29) is 0 Å². The van der Waals surface area contributed by atoms with Crippen molar-refractivity contribution < 1.29 is 0 Å². The molecule has 0 spiro atoms. The fourth-order valence-corrected chi connectivity index (χ4v) is 3.38. The minimum atomic E-state index is 0.523. The predicted octanol–water partition coefficient (Wildman–Crippen LogP) is 5.61. The summed E-state index contributed by atoms with van der Waals surface area (Å²) in [6, 6.07) is 15.8. The molecule has 0 aliphatic heterocycles. The van der Waals surface area contributed by atoms with Crippen LogP contribution in [-0.2, 0) is 0 Å². The first-order valence-corrected chi connectivity index (χ1v) is 7.88. The minimum absolute atomic E-state index is 0.523. The fourth-order valence-electron chi connectivity index (χ4n) is 3.38. The Hall–Kier alpha value is -1.50. The maximum Gasteiger partial charge on any atom is 0.0422 e. The Labute approximate surface area is 122 Å². The van der Waals surface area contributed by atoms with E-state index < -0.39 is 0 Å². The molecule has 20 heavy (non-hydrogen) atoms. The highest BCUT2D eigenvalue weighted by atomic mass is 14.9. The summed E-state index contributed by atoms with van der Waals surface area (Å²) < 4.78 is 0. The van der Waals surface area contributed by atoms with Crippen molar-refractivity contribution >= 4 is 16.5 Å². The highest BCUT2D eigenvalue weighted by Crippen LogP contribution is 2.35. The van der Waals surface area contributed by atoms with Gasteiger partial charge in [-0.1, -0.05) is 56.7 Å². The van der Waals surface area contributed by atoms with Crippen molar-refractivity contribution in [3.8, 4) is 0 Å². The van der Waals surface area contributed by atoms with Gasteiger partial charge in [0.2, 0.25) is 0 Å². The topological polar surface area (TPSA) is 12.0 Å². The Kier molecular flexibility index (Phi) is 3.69. The highest BCUT2D eigenvalue weighted by molar-refractivity contribution is 5.93. The summed E-state index contributed by atoms with van der Waals surface area (Å²) >= 11 is 0. The first kappa shape index (κ1) is 13.5. The standard InChI is InChI=1S/C19H25N/c1-19(2)13-6-9-16(12-14-19)20-18-11-5-8-15-7-3-4-10-17(15)18/h3-5,7-8,10-11,16,20H,6,9,12-14H2,1-2H3. The summed E-state index contributed by atoms with van der Waals surface area (Å²) in [5.74, 6) is 0. The number of benzene rings is 2. The van der Waals surface area contributed by atoms with Crippen molar-refractivity contribution in [1.29, 1.82) is 0 Å². The molecule has 0 radical (unpaired) electrons. The third-order valence-electron chi connectivity index (χ3n) is 4.72. The van der Waals surface area contributed by atoms with Gasteiger partial charge in [-0.3, -0.25) is 0 Å². The molecule has 0 saturated heterocycles. The number of anilines is 1. The van der Waals surface area contributed by atoms with E-state index in [0.29, 0.717) is 11.5 Å². The summed E-state index contributed by atoms with van der Waals surface area (Å²) in [6.45, 7) is 4.82. The molecule has 1 fully saturated rings. The largest absolute Gasteiger partial charge is 0.382 e. The fraction of sp³-hybridized carbons (Fsp3) is 0.474. The van der Waals surface area contributed by atoms with Gasteiger partial charge in [0.05, 0.1) is 0 Å². The summed E-state index contributed by atoms with van der Waals surface area (Å²) in [7, 11) is 0. The molecule has 0 aromatic heterocycles. The van der Waals surface area contributed by atoms with Gasteiger partial charge in [-0.15, -0.1) is 0 Å². The first-order chi connectivity index (χ1) is 9.64. The normalized spacial score (nSPS) is 22.4. The van der Waals surface area contributed by atoms with E-state index in [1.54, 1.807) is 0 Å². The molecule has 1 unspecified atom stereocenters. The SMILES string of the molecule is CC1(C)CCCC(Nc2cccc3ccccc23)CC1. The molecule has 3 rings (SSSR count). The van der Waals surface area contributed by atoms with Gasteiger partial charge in [-0.2, -0.15) is 0 Å². The second-order valence-electron chi connectivity index (χ2n) is 6.96. The van der Waals surface area contributed by atoms with Crippen LogP contribution in [0.15, 0.2) is 42.5 Å². The molecule has 0 bridgehead atoms. The van der Waals surface area contributed by atoms with E-state index in [1.165, 1.54) is 48.6 Å². The molecule has 1 saturated carbocycles. The molecule has 1 aliphatic carbocycles. The second kappa shape index (κ2) is 5.47. The van der Waals surface area contributed by atoms with Crippen LogP contribution in [0.1, 0.15) is 46.0 Å². The lowest BCUT2D eigenvalue weighted by Gasteiger charge is -2.22. The average molecular weight is 267 g/mol. The van der Waals surface area contributed by atoms with Crippen LogP contribution in [0, 0.1) is 5.41 Å². The van der Waals surface area contributed by atoms with E-state index in [0.717, 1.165) is 0 Å². The van der Waals surface area contributed by atoms with E-state index in [4.69, 9.17) is 0 Å². The summed E-state index contributed by atoms with van der Waals surface area (Å²) in [6.07, 6.45) is 6.62. The van der Waals surface area contributed by atoms with Crippen molar-refractivity contribution in [3.63, 3.8) is 0 Å². The first-order valence-electron chi connectivity index (χ1n) is 7.88. The summed E-state index contributed by atoms with van der Waals surface area (Å²) in [4.78, 5) is 0. The zero-order valence-corrected chi connectivity index (χ0v) is 12.7. The highest BCUT2D eigenvalue weighted by Gasteiger charge is 2.24. The molecular formula is C19H25N. The lowest BCUT2D eigenvalue weighted by Crippen LogP contribution is -2.19. The monoisotopic (exact) mass is 267 g/mol. The average Bonchev–Trinajstić information content (AvgIpc) is 2.61. The molecule has 2 aromatic carbocycles. The third-order valence-corrected chi connectivity index (χ3v) is 4.72. The van der Waals surface area contributed by atoms with Gasteiger partial charge < -0.3 is 5.32 Å². The van der Waals surface area contributed by atoms with Crippen LogP contribution in [0.4, 0.5) is 5.69 Å². The van der Waals surface area contributed by atoms with E-state index in [9.17, 15) is 0 Å². The molecule has 1 nitrogen and oxygen atoms in total. The van der Waals surface area contributed by atoms with Crippen molar-refractivity contribution in [3.05, 3.63) is 42.5 Å². The second-order valence-corrected chi connectivity index (χ2v) is 6.96. The van der Waals surface area contributed by atoms with Crippen molar-refractivity contribution in [1.82, 2.24) is 0 Å². The molecule has 0 heterocycles. The Bertz CT molecular complexity index is 580. The molecule has 2 aromatic rings. The van der Waals surface area contributed by atoms with Crippen LogP contribution >= 0.6 is 0 Å². The van der Waals surface area contributed by atoms with Gasteiger partial charge in [0, 0.05) is 17.1 Å². The van der Waals surface area contributed by atoms with Crippen LogP contribution < -0.4 is 5.32 Å². The Morgan fingerprint density at radius 3 is 2.65 bits per heavy atom. The minimum Gasteiger partial charge on any atom is -0.382 e. The third kappa shape index (κ3) is 2.98. The predicted molar refractivity (Wildman–Crippen MR) is 88.2 cm³/mol. The van der Waals surface area contributed by atoms with Gasteiger partial charge in [0.15, 0.2) is 0 Å². The lowest BCUT2D eigenvalue weighted by molar-refractivity contribution is 0.313. The summed E-state index contributed by atoms with van der Waals surface area (Å²) in [5, 5.41) is 6.47. The van der Waals surface area contributed by atoms with Gasteiger partial charge in [0.25, 0.3) is 0 Å². The molecule has 0 amide bonds. The Balaban J connectivity index is 1.79. The molecular weight excluding hydrogens is 242 g/mol. The zero-order valence-electron chi connectivity index (χ0n) is 12.7. The van der Waals surface area contributed by atoms with Crippen LogP contribution in [0.3, 0.4) is 0 Å². The number of hydrogen-bond donors (Lipinski definition) is 1. The summed E-state index contributed by atoms with van der Waals surface area (Å²) in [5.41, 5.74) is 1.82. The Morgan fingerprint density at radius 1 is 0.950 bits per heavy atom. The van der Waals surface area contributed by atoms with Crippen molar-refractivity contribution in [2.24, 2.45) is 5.41 Å². The van der Waals surface area contributed by atoms with E-state index >= 15 is 0 Å². The zero-order chi connectivity index (χ0) is 14.0. The van der Waals surface area contributed by atoms with Crippen LogP contribution in [0.5, 0.6) is 0 Å². The number of rotatable bonds is 2. The van der Waals surface area contributed by atoms with Gasteiger partial charge in [-0.05, 0) is 42.6 Å². The molecule has 1 N–H and O–H groups in total. The van der Waals surface area contributed by atoms with Crippen LogP contribution in [-0.4, -0.2) is 6.04 Å². The number of fused-ring (bicyclic) bond motifs is 1. The lowest BCUT2D eigenvalue weighted by atomic mass is 9.85. The van der Waals surface area contributed by atoms with Crippen LogP contribution in [0.2, 0.25) is 0 Å². The molecule has 1 aliphatic rings. The van der Waals surface area contributed by atoms with Gasteiger partial charge >= 0.3 is 0 Å². The smallest absolute Gasteiger partial charge is 0.0422 e. The number of hydrogen-bond acceptors (Lipinski definition) is 1. The maximum absolute atomic E-state index is 3.80. The molecule has 1 heteroatoms. The van der Waals surface area contributed by atoms with Gasteiger partial charge in [0.1, 0.15) is 0 Å².